The SMILES string of the molecule is Cc1ccccc1-c1nc2nccnc2o1. The number of hydrogen-bond donors (Lipinski definition) is 0. The average molecular weight is 211 g/mol. The Bertz CT molecular complexity index is 612. The molecule has 2 aromatic heterocycles. The first-order valence-corrected chi connectivity index (χ1v) is 4.98. The summed E-state index contributed by atoms with van der Waals surface area (Å²) in [6.07, 6.45) is 3.20. The van der Waals surface area contributed by atoms with Gasteiger partial charge in [-0.25, -0.2) is 9.97 Å². The van der Waals surface area contributed by atoms with Crippen molar-refractivity contribution in [1.82, 2.24) is 15.0 Å². The van der Waals surface area contributed by atoms with Gasteiger partial charge in [0.05, 0.1) is 0 Å². The molecule has 1 aromatic carbocycles. The highest BCUT2D eigenvalue weighted by Gasteiger charge is 2.10. The largest absolute Gasteiger partial charge is 0.416 e. The van der Waals surface area contributed by atoms with Crippen molar-refractivity contribution in [3.8, 4) is 11.5 Å². The Morgan fingerprint density at radius 1 is 1.06 bits per heavy atom. The van der Waals surface area contributed by atoms with Crippen LogP contribution in [0.5, 0.6) is 0 Å². The van der Waals surface area contributed by atoms with Crippen LogP contribution in [-0.4, -0.2) is 15.0 Å². The molecule has 0 bridgehead atoms. The number of hydrogen-bond acceptors (Lipinski definition) is 4. The number of nitrogens with zero attached hydrogens (tertiary/aromatic N) is 3. The van der Waals surface area contributed by atoms with Crippen LogP contribution in [0, 0.1) is 6.92 Å². The molecule has 0 saturated carbocycles. The molecule has 0 amide bonds. The van der Waals surface area contributed by atoms with Crippen LogP contribution >= 0.6 is 0 Å². The number of aromatic nitrogens is 3. The molecule has 0 radical (unpaired) electrons. The maximum absolute atomic E-state index is 5.55. The molecular formula is C12H9N3O. The highest BCUT2D eigenvalue weighted by molar-refractivity contribution is 5.69. The van der Waals surface area contributed by atoms with Crippen LogP contribution in [0.15, 0.2) is 41.1 Å². The topological polar surface area (TPSA) is 51.8 Å². The summed E-state index contributed by atoms with van der Waals surface area (Å²) in [7, 11) is 0. The van der Waals surface area contributed by atoms with Gasteiger partial charge in [0, 0.05) is 18.0 Å². The average Bonchev–Trinajstić information content (AvgIpc) is 2.73. The van der Waals surface area contributed by atoms with E-state index in [1.807, 2.05) is 31.2 Å². The molecule has 0 spiro atoms. The van der Waals surface area contributed by atoms with Crippen molar-refractivity contribution in [3.63, 3.8) is 0 Å². The third-order valence-corrected chi connectivity index (χ3v) is 2.42. The molecular weight excluding hydrogens is 202 g/mol. The van der Waals surface area contributed by atoms with Gasteiger partial charge in [-0.2, -0.15) is 4.98 Å². The summed E-state index contributed by atoms with van der Waals surface area (Å²) in [5, 5.41) is 0. The van der Waals surface area contributed by atoms with E-state index in [4.69, 9.17) is 4.42 Å². The minimum absolute atomic E-state index is 0.473. The van der Waals surface area contributed by atoms with Crippen molar-refractivity contribution in [2.24, 2.45) is 0 Å². The first-order chi connectivity index (χ1) is 7.84. The van der Waals surface area contributed by atoms with Gasteiger partial charge < -0.3 is 4.42 Å². The lowest BCUT2D eigenvalue weighted by atomic mass is 10.1. The first-order valence-electron chi connectivity index (χ1n) is 4.98. The summed E-state index contributed by atoms with van der Waals surface area (Å²) in [5.41, 5.74) is 3.11. The van der Waals surface area contributed by atoms with Crippen LogP contribution < -0.4 is 0 Å². The second kappa shape index (κ2) is 3.41. The predicted molar refractivity (Wildman–Crippen MR) is 59.8 cm³/mol. The van der Waals surface area contributed by atoms with Crippen molar-refractivity contribution in [2.45, 2.75) is 6.92 Å². The van der Waals surface area contributed by atoms with Crippen molar-refractivity contribution >= 4 is 11.4 Å². The molecule has 0 unspecified atom stereocenters. The molecule has 4 heteroatoms. The maximum Gasteiger partial charge on any atom is 0.266 e. The second-order valence-electron chi connectivity index (χ2n) is 3.52. The Morgan fingerprint density at radius 3 is 2.69 bits per heavy atom. The number of benzene rings is 1. The molecule has 16 heavy (non-hydrogen) atoms. The quantitative estimate of drug-likeness (QED) is 0.620. The molecule has 3 rings (SSSR count). The summed E-state index contributed by atoms with van der Waals surface area (Å²) in [5.74, 6) is 0.569. The fourth-order valence-corrected chi connectivity index (χ4v) is 1.61. The van der Waals surface area contributed by atoms with Gasteiger partial charge in [0.2, 0.25) is 11.5 Å². The molecule has 0 fully saturated rings. The molecule has 0 saturated heterocycles. The minimum Gasteiger partial charge on any atom is -0.416 e. The van der Waals surface area contributed by atoms with Gasteiger partial charge in [-0.15, -0.1) is 0 Å². The Morgan fingerprint density at radius 2 is 1.88 bits per heavy atom. The molecule has 0 aliphatic carbocycles. The zero-order valence-corrected chi connectivity index (χ0v) is 8.71. The van der Waals surface area contributed by atoms with Gasteiger partial charge >= 0.3 is 0 Å². The van der Waals surface area contributed by atoms with E-state index in [-0.39, 0.29) is 0 Å². The molecule has 0 atom stereocenters. The van der Waals surface area contributed by atoms with Crippen molar-refractivity contribution in [2.75, 3.05) is 0 Å². The van der Waals surface area contributed by atoms with E-state index < -0.39 is 0 Å². The summed E-state index contributed by atoms with van der Waals surface area (Å²) in [6.45, 7) is 2.02. The Hall–Kier alpha value is -2.23. The fraction of sp³-hybridized carbons (Fsp3) is 0.0833. The van der Waals surface area contributed by atoms with E-state index in [0.717, 1.165) is 11.1 Å². The lowest BCUT2D eigenvalue weighted by Gasteiger charge is -1.98. The van der Waals surface area contributed by atoms with E-state index in [2.05, 4.69) is 15.0 Å². The molecule has 0 N–H and O–H groups in total. The highest BCUT2D eigenvalue weighted by atomic mass is 16.4. The Balaban J connectivity index is 2.23. The zero-order valence-electron chi connectivity index (χ0n) is 8.71. The zero-order chi connectivity index (χ0) is 11.0. The first kappa shape index (κ1) is 9.03. The maximum atomic E-state index is 5.55. The van der Waals surface area contributed by atoms with Gasteiger partial charge in [-0.1, -0.05) is 18.2 Å². The van der Waals surface area contributed by atoms with Gasteiger partial charge in [-0.3, -0.25) is 0 Å². The lowest BCUT2D eigenvalue weighted by Crippen LogP contribution is -1.81. The van der Waals surface area contributed by atoms with Crippen LogP contribution in [0.2, 0.25) is 0 Å². The van der Waals surface area contributed by atoms with Gasteiger partial charge in [0.15, 0.2) is 0 Å². The van der Waals surface area contributed by atoms with Gasteiger partial charge in [0.1, 0.15) is 0 Å². The summed E-state index contributed by atoms with van der Waals surface area (Å²) in [6, 6.07) is 7.93. The molecule has 2 heterocycles. The van der Waals surface area contributed by atoms with Crippen LogP contribution in [0.1, 0.15) is 5.56 Å². The van der Waals surface area contributed by atoms with Crippen LogP contribution in [0.4, 0.5) is 0 Å². The smallest absolute Gasteiger partial charge is 0.266 e. The summed E-state index contributed by atoms with van der Waals surface area (Å²) < 4.78 is 5.55. The second-order valence-corrected chi connectivity index (χ2v) is 3.52. The minimum atomic E-state index is 0.473. The van der Waals surface area contributed by atoms with Crippen LogP contribution in [0.3, 0.4) is 0 Å². The van der Waals surface area contributed by atoms with E-state index in [9.17, 15) is 0 Å². The third kappa shape index (κ3) is 1.35. The normalized spacial score (nSPS) is 10.8. The predicted octanol–water partition coefficient (Wildman–Crippen LogP) is 2.59. The van der Waals surface area contributed by atoms with Crippen molar-refractivity contribution < 1.29 is 4.42 Å². The standard InChI is InChI=1S/C12H9N3O/c1-8-4-2-3-5-9(8)11-15-10-12(16-11)14-7-6-13-10/h2-7H,1H3. The van der Waals surface area contributed by atoms with Crippen molar-refractivity contribution in [1.29, 1.82) is 0 Å². The molecule has 0 aliphatic rings. The summed E-state index contributed by atoms with van der Waals surface area (Å²) in [4.78, 5) is 12.5. The van der Waals surface area contributed by atoms with E-state index >= 15 is 0 Å². The Kier molecular flexibility index (Phi) is 1.93. The monoisotopic (exact) mass is 211 g/mol. The van der Waals surface area contributed by atoms with Gasteiger partial charge in [-0.05, 0) is 18.6 Å². The lowest BCUT2D eigenvalue weighted by molar-refractivity contribution is 0.607. The molecule has 0 aliphatic heterocycles. The molecule has 78 valence electrons. The molecule has 3 aromatic rings. The Labute approximate surface area is 92.0 Å². The van der Waals surface area contributed by atoms with E-state index in [0.29, 0.717) is 17.3 Å². The van der Waals surface area contributed by atoms with Crippen LogP contribution in [0.25, 0.3) is 22.8 Å². The van der Waals surface area contributed by atoms with Gasteiger partial charge in [0.25, 0.3) is 5.71 Å². The number of aryl methyl sites for hydroxylation is 1. The molecule has 4 nitrogen and oxygen atoms in total. The number of fused-ring (bicyclic) bond motifs is 1. The van der Waals surface area contributed by atoms with E-state index in [1.54, 1.807) is 12.4 Å². The fourth-order valence-electron chi connectivity index (χ4n) is 1.61. The number of rotatable bonds is 1. The summed E-state index contributed by atoms with van der Waals surface area (Å²) >= 11 is 0. The third-order valence-electron chi connectivity index (χ3n) is 2.42. The van der Waals surface area contributed by atoms with Crippen molar-refractivity contribution in [3.05, 3.63) is 42.2 Å². The number of oxazole rings is 1. The highest BCUT2D eigenvalue weighted by Crippen LogP contribution is 2.24. The van der Waals surface area contributed by atoms with E-state index in [1.165, 1.54) is 0 Å². The van der Waals surface area contributed by atoms with Crippen LogP contribution in [-0.2, 0) is 0 Å².